The van der Waals surface area contributed by atoms with Crippen LogP contribution in [0, 0.1) is 13.8 Å². The molecule has 5 nitrogen and oxygen atoms in total. The van der Waals surface area contributed by atoms with E-state index in [1.807, 2.05) is 32.0 Å². The molecule has 0 aliphatic heterocycles. The standard InChI is InChI=1S/C19H19ClN2O3/c1-13-9-14(2)11-17(10-13)25-12-19(24)22-21-18(23)8-5-15-3-6-16(20)7-4-15/h3-11H,12H2,1-2H3,(H,21,23)(H,22,24)/b8-5+. The van der Waals surface area contributed by atoms with E-state index in [1.165, 1.54) is 6.08 Å². The molecule has 2 aromatic rings. The molecule has 0 heterocycles. The summed E-state index contributed by atoms with van der Waals surface area (Å²) in [5.74, 6) is -0.288. The molecule has 0 aromatic heterocycles. The molecule has 6 heteroatoms. The van der Waals surface area contributed by atoms with Crippen LogP contribution in [-0.2, 0) is 9.59 Å². The summed E-state index contributed by atoms with van der Waals surface area (Å²) in [6.45, 7) is 3.71. The van der Waals surface area contributed by atoms with Crippen LogP contribution >= 0.6 is 11.6 Å². The number of hydrogen-bond acceptors (Lipinski definition) is 3. The molecular formula is C19H19ClN2O3. The minimum atomic E-state index is -0.451. The molecule has 2 rings (SSSR count). The summed E-state index contributed by atoms with van der Waals surface area (Å²) >= 11 is 5.79. The van der Waals surface area contributed by atoms with Crippen LogP contribution in [0.25, 0.3) is 6.08 Å². The predicted octanol–water partition coefficient (Wildman–Crippen LogP) is 3.20. The van der Waals surface area contributed by atoms with Gasteiger partial charge in [-0.2, -0.15) is 0 Å². The molecule has 0 radical (unpaired) electrons. The molecule has 0 spiro atoms. The van der Waals surface area contributed by atoms with Crippen LogP contribution in [0.5, 0.6) is 5.75 Å². The first-order valence-electron chi connectivity index (χ1n) is 7.66. The van der Waals surface area contributed by atoms with Crippen LogP contribution in [0.2, 0.25) is 5.02 Å². The van der Waals surface area contributed by atoms with Crippen molar-refractivity contribution in [2.75, 3.05) is 6.61 Å². The smallest absolute Gasteiger partial charge is 0.276 e. The first-order chi connectivity index (χ1) is 11.9. The van der Waals surface area contributed by atoms with Gasteiger partial charge in [-0.1, -0.05) is 29.8 Å². The van der Waals surface area contributed by atoms with Crippen LogP contribution in [0.15, 0.2) is 48.5 Å². The highest BCUT2D eigenvalue weighted by Gasteiger charge is 2.04. The highest BCUT2D eigenvalue weighted by atomic mass is 35.5. The van der Waals surface area contributed by atoms with Gasteiger partial charge >= 0.3 is 0 Å². The van der Waals surface area contributed by atoms with Crippen LogP contribution in [0.4, 0.5) is 0 Å². The Morgan fingerprint density at radius 1 is 1.04 bits per heavy atom. The molecule has 2 aromatic carbocycles. The zero-order chi connectivity index (χ0) is 18.2. The fourth-order valence-corrected chi connectivity index (χ4v) is 2.25. The lowest BCUT2D eigenvalue weighted by molar-refractivity contribution is -0.128. The van der Waals surface area contributed by atoms with Gasteiger partial charge in [-0.05, 0) is 60.9 Å². The molecule has 0 saturated heterocycles. The number of hydrazine groups is 1. The Bertz CT molecular complexity index is 766. The van der Waals surface area contributed by atoms with E-state index in [0.717, 1.165) is 16.7 Å². The fraction of sp³-hybridized carbons (Fsp3) is 0.158. The van der Waals surface area contributed by atoms with Gasteiger partial charge < -0.3 is 4.74 Å². The highest BCUT2D eigenvalue weighted by molar-refractivity contribution is 6.30. The van der Waals surface area contributed by atoms with E-state index in [2.05, 4.69) is 10.9 Å². The van der Waals surface area contributed by atoms with Gasteiger partial charge in [0.15, 0.2) is 6.61 Å². The number of carbonyl (C=O) groups is 2. The Balaban J connectivity index is 1.75. The lowest BCUT2D eigenvalue weighted by atomic mass is 10.1. The summed E-state index contributed by atoms with van der Waals surface area (Å²) < 4.78 is 5.41. The van der Waals surface area contributed by atoms with E-state index in [-0.39, 0.29) is 6.61 Å². The molecule has 0 atom stereocenters. The second-order valence-corrected chi connectivity index (χ2v) is 5.97. The molecule has 0 bridgehead atoms. The number of rotatable bonds is 5. The van der Waals surface area contributed by atoms with Crippen molar-refractivity contribution < 1.29 is 14.3 Å². The Kier molecular flexibility index (Phi) is 6.60. The normalized spacial score (nSPS) is 10.5. The number of halogens is 1. The second-order valence-electron chi connectivity index (χ2n) is 5.53. The maximum Gasteiger partial charge on any atom is 0.276 e. The SMILES string of the molecule is Cc1cc(C)cc(OCC(=O)NNC(=O)/C=C/c2ccc(Cl)cc2)c1. The molecule has 0 aliphatic carbocycles. The summed E-state index contributed by atoms with van der Waals surface area (Å²) in [7, 11) is 0. The zero-order valence-electron chi connectivity index (χ0n) is 14.0. The molecule has 2 amide bonds. The Hall–Kier alpha value is -2.79. The van der Waals surface area contributed by atoms with Crippen molar-refractivity contribution in [2.45, 2.75) is 13.8 Å². The monoisotopic (exact) mass is 358 g/mol. The topological polar surface area (TPSA) is 67.4 Å². The minimum Gasteiger partial charge on any atom is -0.484 e. The summed E-state index contributed by atoms with van der Waals surface area (Å²) in [6, 6.07) is 12.7. The first kappa shape index (κ1) is 18.5. The van der Waals surface area contributed by atoms with Gasteiger partial charge in [0.25, 0.3) is 11.8 Å². The summed E-state index contributed by atoms with van der Waals surface area (Å²) in [4.78, 5) is 23.4. The van der Waals surface area contributed by atoms with E-state index in [9.17, 15) is 9.59 Å². The third-order valence-corrected chi connectivity index (χ3v) is 3.44. The summed E-state index contributed by atoms with van der Waals surface area (Å²) in [5.41, 5.74) is 7.51. The van der Waals surface area contributed by atoms with Crippen molar-refractivity contribution in [3.8, 4) is 5.75 Å². The maximum absolute atomic E-state index is 11.7. The van der Waals surface area contributed by atoms with E-state index in [0.29, 0.717) is 10.8 Å². The lowest BCUT2D eigenvalue weighted by Crippen LogP contribution is -2.43. The van der Waals surface area contributed by atoms with Gasteiger partial charge in [0.1, 0.15) is 5.75 Å². The molecule has 0 aliphatic rings. The molecule has 130 valence electrons. The zero-order valence-corrected chi connectivity index (χ0v) is 14.8. The second kappa shape index (κ2) is 8.89. The number of hydrogen-bond donors (Lipinski definition) is 2. The third-order valence-electron chi connectivity index (χ3n) is 3.19. The quantitative estimate of drug-likeness (QED) is 0.637. The molecule has 25 heavy (non-hydrogen) atoms. The average Bonchev–Trinajstić information content (AvgIpc) is 2.57. The van der Waals surface area contributed by atoms with E-state index in [1.54, 1.807) is 30.3 Å². The van der Waals surface area contributed by atoms with Crippen molar-refractivity contribution in [3.63, 3.8) is 0 Å². The van der Waals surface area contributed by atoms with Gasteiger partial charge in [0.05, 0.1) is 0 Å². The Morgan fingerprint density at radius 3 is 2.32 bits per heavy atom. The minimum absolute atomic E-state index is 0.190. The van der Waals surface area contributed by atoms with Crippen LogP contribution in [0.1, 0.15) is 16.7 Å². The molecular weight excluding hydrogens is 340 g/mol. The van der Waals surface area contributed by atoms with Crippen molar-refractivity contribution in [1.82, 2.24) is 10.9 Å². The van der Waals surface area contributed by atoms with Gasteiger partial charge in [0, 0.05) is 11.1 Å². The Labute approximate surface area is 151 Å². The van der Waals surface area contributed by atoms with Crippen molar-refractivity contribution in [3.05, 3.63) is 70.3 Å². The predicted molar refractivity (Wildman–Crippen MR) is 98.2 cm³/mol. The molecule has 0 saturated carbocycles. The maximum atomic E-state index is 11.7. The summed E-state index contributed by atoms with van der Waals surface area (Å²) in [5, 5.41) is 0.623. The lowest BCUT2D eigenvalue weighted by Gasteiger charge is -2.09. The molecule has 0 fully saturated rings. The van der Waals surface area contributed by atoms with Gasteiger partial charge in [0.2, 0.25) is 0 Å². The van der Waals surface area contributed by atoms with Crippen molar-refractivity contribution >= 4 is 29.5 Å². The largest absolute Gasteiger partial charge is 0.484 e. The van der Waals surface area contributed by atoms with E-state index < -0.39 is 11.8 Å². The number of aryl methyl sites for hydroxylation is 2. The van der Waals surface area contributed by atoms with E-state index >= 15 is 0 Å². The molecule has 2 N–H and O–H groups in total. The highest BCUT2D eigenvalue weighted by Crippen LogP contribution is 2.15. The van der Waals surface area contributed by atoms with Gasteiger partial charge in [-0.15, -0.1) is 0 Å². The Morgan fingerprint density at radius 2 is 1.68 bits per heavy atom. The van der Waals surface area contributed by atoms with E-state index in [4.69, 9.17) is 16.3 Å². The fourth-order valence-electron chi connectivity index (χ4n) is 2.12. The number of amides is 2. The van der Waals surface area contributed by atoms with Crippen LogP contribution in [0.3, 0.4) is 0 Å². The number of nitrogens with one attached hydrogen (secondary N) is 2. The number of carbonyl (C=O) groups excluding carboxylic acids is 2. The van der Waals surface area contributed by atoms with Gasteiger partial charge in [-0.3, -0.25) is 20.4 Å². The first-order valence-corrected chi connectivity index (χ1v) is 8.04. The average molecular weight is 359 g/mol. The van der Waals surface area contributed by atoms with Crippen molar-refractivity contribution in [1.29, 1.82) is 0 Å². The van der Waals surface area contributed by atoms with Crippen molar-refractivity contribution in [2.24, 2.45) is 0 Å². The van der Waals surface area contributed by atoms with Gasteiger partial charge in [-0.25, -0.2) is 0 Å². The third kappa shape index (κ3) is 6.69. The summed E-state index contributed by atoms with van der Waals surface area (Å²) in [6.07, 6.45) is 2.93. The van der Waals surface area contributed by atoms with Crippen LogP contribution < -0.4 is 15.6 Å². The number of ether oxygens (including phenoxy) is 1. The van der Waals surface area contributed by atoms with Crippen LogP contribution in [-0.4, -0.2) is 18.4 Å². The molecule has 0 unspecified atom stereocenters. The number of benzene rings is 2.